The summed E-state index contributed by atoms with van der Waals surface area (Å²) in [4.78, 5) is 36.5. The fourth-order valence-electron chi connectivity index (χ4n) is 2.95. The van der Waals surface area contributed by atoms with Crippen LogP contribution in [0.2, 0.25) is 0 Å². The highest BCUT2D eigenvalue weighted by atomic mass is 16.5. The van der Waals surface area contributed by atoms with E-state index in [4.69, 9.17) is 9.47 Å². The number of para-hydroxylation sites is 1. The number of aryl methyl sites for hydroxylation is 1. The molecule has 2 aromatic carbocycles. The molecule has 3 aromatic rings. The largest absolute Gasteiger partial charge is 0.496 e. The van der Waals surface area contributed by atoms with E-state index in [1.807, 2.05) is 24.3 Å². The highest BCUT2D eigenvalue weighted by Gasteiger charge is 2.18. The number of nitrogens with zero attached hydrogens (tertiary/aromatic N) is 2. The molecule has 8 heteroatoms. The fourth-order valence-corrected chi connectivity index (χ4v) is 2.95. The summed E-state index contributed by atoms with van der Waals surface area (Å²) < 4.78 is 11.4. The summed E-state index contributed by atoms with van der Waals surface area (Å²) in [7, 11) is 3.05. The normalized spacial score (nSPS) is 10.6. The van der Waals surface area contributed by atoms with Gasteiger partial charge in [0.1, 0.15) is 5.75 Å². The SMILES string of the molecule is COc1ccccc1CCNC(=O)COC(=O)c1nn(C)c(=O)c2ccccc12. The summed E-state index contributed by atoms with van der Waals surface area (Å²) in [5.74, 6) is -0.445. The number of carbonyl (C=O) groups is 2. The lowest BCUT2D eigenvalue weighted by Gasteiger charge is -2.10. The van der Waals surface area contributed by atoms with Crippen LogP contribution in [0.5, 0.6) is 5.75 Å². The maximum absolute atomic E-state index is 12.4. The smallest absolute Gasteiger partial charge is 0.359 e. The van der Waals surface area contributed by atoms with Crippen LogP contribution in [-0.4, -0.2) is 41.9 Å². The lowest BCUT2D eigenvalue weighted by Crippen LogP contribution is -2.31. The van der Waals surface area contributed by atoms with E-state index in [-0.39, 0.29) is 11.3 Å². The van der Waals surface area contributed by atoms with Crippen molar-refractivity contribution in [3.8, 4) is 5.75 Å². The number of hydrogen-bond acceptors (Lipinski definition) is 6. The van der Waals surface area contributed by atoms with Crippen LogP contribution >= 0.6 is 0 Å². The number of benzene rings is 2. The fraction of sp³-hybridized carbons (Fsp3) is 0.238. The van der Waals surface area contributed by atoms with Crippen molar-refractivity contribution in [3.63, 3.8) is 0 Å². The quantitative estimate of drug-likeness (QED) is 0.608. The second-order valence-electron chi connectivity index (χ2n) is 6.31. The molecule has 3 rings (SSSR count). The number of ether oxygens (including phenoxy) is 2. The van der Waals surface area contributed by atoms with Crippen LogP contribution in [0, 0.1) is 0 Å². The van der Waals surface area contributed by atoms with Gasteiger partial charge in [-0.25, -0.2) is 9.48 Å². The van der Waals surface area contributed by atoms with E-state index in [0.29, 0.717) is 23.7 Å². The zero-order chi connectivity index (χ0) is 20.8. The molecule has 0 saturated carbocycles. The minimum absolute atomic E-state index is 0.00970. The minimum atomic E-state index is -0.767. The molecule has 0 aliphatic rings. The van der Waals surface area contributed by atoms with Crippen molar-refractivity contribution in [2.75, 3.05) is 20.3 Å². The Morgan fingerprint density at radius 1 is 1.07 bits per heavy atom. The van der Waals surface area contributed by atoms with Crippen molar-refractivity contribution in [1.82, 2.24) is 15.1 Å². The first-order chi connectivity index (χ1) is 14.0. The summed E-state index contributed by atoms with van der Waals surface area (Å²) in [6.45, 7) is -0.0681. The molecule has 0 spiro atoms. The van der Waals surface area contributed by atoms with Crippen molar-refractivity contribution in [1.29, 1.82) is 0 Å². The lowest BCUT2D eigenvalue weighted by molar-refractivity contribution is -0.124. The van der Waals surface area contributed by atoms with Gasteiger partial charge in [-0.15, -0.1) is 0 Å². The average molecular weight is 395 g/mol. The number of nitrogens with one attached hydrogen (secondary N) is 1. The molecule has 1 aromatic heterocycles. The molecule has 0 bridgehead atoms. The lowest BCUT2D eigenvalue weighted by atomic mass is 10.1. The van der Waals surface area contributed by atoms with Crippen molar-refractivity contribution in [2.24, 2.45) is 7.05 Å². The Balaban J connectivity index is 1.58. The summed E-state index contributed by atoms with van der Waals surface area (Å²) >= 11 is 0. The standard InChI is InChI=1S/C21H21N3O5/c1-24-20(26)16-9-5-4-8-15(16)19(23-24)21(27)29-13-18(25)22-12-11-14-7-3-6-10-17(14)28-2/h3-10H,11-13H2,1-2H3,(H,22,25). The van der Waals surface area contributed by atoms with Crippen molar-refractivity contribution in [2.45, 2.75) is 6.42 Å². The number of rotatable bonds is 7. The van der Waals surface area contributed by atoms with E-state index in [2.05, 4.69) is 10.4 Å². The summed E-state index contributed by atoms with van der Waals surface area (Å²) in [6.07, 6.45) is 0.580. The van der Waals surface area contributed by atoms with Crippen LogP contribution in [0.4, 0.5) is 0 Å². The van der Waals surface area contributed by atoms with E-state index in [1.165, 1.54) is 7.05 Å². The Kier molecular flexibility index (Phi) is 6.23. The van der Waals surface area contributed by atoms with Crippen molar-refractivity contribution in [3.05, 3.63) is 70.1 Å². The highest BCUT2D eigenvalue weighted by molar-refractivity contribution is 6.02. The molecule has 0 atom stereocenters. The monoisotopic (exact) mass is 395 g/mol. The number of esters is 1. The van der Waals surface area contributed by atoms with E-state index in [9.17, 15) is 14.4 Å². The van der Waals surface area contributed by atoms with Gasteiger partial charge in [0.2, 0.25) is 0 Å². The Morgan fingerprint density at radius 2 is 1.76 bits per heavy atom. The number of fused-ring (bicyclic) bond motifs is 1. The number of carbonyl (C=O) groups excluding carboxylic acids is 2. The van der Waals surface area contributed by atoms with E-state index in [0.717, 1.165) is 16.0 Å². The molecule has 0 saturated heterocycles. The second kappa shape index (κ2) is 9.01. The third-order valence-corrected chi connectivity index (χ3v) is 4.39. The van der Waals surface area contributed by atoms with Crippen molar-refractivity contribution >= 4 is 22.6 Å². The Morgan fingerprint density at radius 3 is 2.52 bits per heavy atom. The Bertz CT molecular complexity index is 1110. The van der Waals surface area contributed by atoms with Crippen LogP contribution in [0.1, 0.15) is 16.1 Å². The van der Waals surface area contributed by atoms with Gasteiger partial charge in [0.25, 0.3) is 11.5 Å². The highest BCUT2D eigenvalue weighted by Crippen LogP contribution is 2.17. The molecular formula is C21H21N3O5. The van der Waals surface area contributed by atoms with Gasteiger partial charge in [0.05, 0.1) is 12.5 Å². The Labute approximate surface area is 167 Å². The molecule has 29 heavy (non-hydrogen) atoms. The summed E-state index contributed by atoms with van der Waals surface area (Å²) in [5, 5.41) is 7.43. The van der Waals surface area contributed by atoms with E-state index in [1.54, 1.807) is 31.4 Å². The van der Waals surface area contributed by atoms with Gasteiger partial charge in [-0.05, 0) is 24.1 Å². The first-order valence-corrected chi connectivity index (χ1v) is 9.03. The van der Waals surface area contributed by atoms with E-state index < -0.39 is 18.5 Å². The molecule has 0 unspecified atom stereocenters. The molecule has 8 nitrogen and oxygen atoms in total. The van der Waals surface area contributed by atoms with Crippen LogP contribution in [0.15, 0.2) is 53.3 Å². The first-order valence-electron chi connectivity index (χ1n) is 9.03. The van der Waals surface area contributed by atoms with E-state index >= 15 is 0 Å². The predicted molar refractivity (Wildman–Crippen MR) is 107 cm³/mol. The van der Waals surface area contributed by atoms with Crippen LogP contribution in [0.25, 0.3) is 10.8 Å². The maximum Gasteiger partial charge on any atom is 0.359 e. The molecule has 1 heterocycles. The van der Waals surface area contributed by atoms with Crippen LogP contribution in [0.3, 0.4) is 0 Å². The third kappa shape index (κ3) is 4.60. The van der Waals surface area contributed by atoms with Gasteiger partial charge < -0.3 is 14.8 Å². The van der Waals surface area contributed by atoms with Gasteiger partial charge >= 0.3 is 5.97 Å². The molecule has 0 aliphatic heterocycles. The molecular weight excluding hydrogens is 374 g/mol. The molecule has 1 amide bonds. The molecule has 1 N–H and O–H groups in total. The molecule has 150 valence electrons. The van der Waals surface area contributed by atoms with Gasteiger partial charge in [0, 0.05) is 19.0 Å². The summed E-state index contributed by atoms with van der Waals surface area (Å²) in [5.41, 5.74) is 0.643. The number of methoxy groups -OCH3 is 1. The van der Waals surface area contributed by atoms with Gasteiger partial charge in [-0.3, -0.25) is 9.59 Å². The van der Waals surface area contributed by atoms with Crippen molar-refractivity contribution < 1.29 is 19.1 Å². The first kappa shape index (κ1) is 20.1. The molecule has 0 radical (unpaired) electrons. The zero-order valence-corrected chi connectivity index (χ0v) is 16.2. The third-order valence-electron chi connectivity index (χ3n) is 4.39. The Hall–Kier alpha value is -3.68. The van der Waals surface area contributed by atoms with Gasteiger partial charge in [-0.2, -0.15) is 5.10 Å². The summed E-state index contributed by atoms with van der Waals surface area (Å²) in [6, 6.07) is 14.2. The zero-order valence-electron chi connectivity index (χ0n) is 16.2. The predicted octanol–water partition coefficient (Wildman–Crippen LogP) is 1.46. The second-order valence-corrected chi connectivity index (χ2v) is 6.31. The van der Waals surface area contributed by atoms with Gasteiger partial charge in [-0.1, -0.05) is 36.4 Å². The van der Waals surface area contributed by atoms with Gasteiger partial charge in [0.15, 0.2) is 12.3 Å². The number of aromatic nitrogens is 2. The molecule has 0 fully saturated rings. The average Bonchev–Trinajstić information content (AvgIpc) is 2.75. The topological polar surface area (TPSA) is 99.5 Å². The number of hydrogen-bond donors (Lipinski definition) is 1. The number of amides is 1. The van der Waals surface area contributed by atoms with Crippen LogP contribution < -0.4 is 15.6 Å². The minimum Gasteiger partial charge on any atom is -0.496 e. The van der Waals surface area contributed by atoms with Crippen LogP contribution in [-0.2, 0) is 23.0 Å². The molecule has 0 aliphatic carbocycles. The maximum atomic E-state index is 12.4.